The summed E-state index contributed by atoms with van der Waals surface area (Å²) in [6, 6.07) is 18.8. The van der Waals surface area contributed by atoms with Crippen LogP contribution in [-0.4, -0.2) is 39.3 Å². The first-order valence-corrected chi connectivity index (χ1v) is 12.9. The van der Waals surface area contributed by atoms with Gasteiger partial charge in [-0.1, -0.05) is 36.4 Å². The van der Waals surface area contributed by atoms with Crippen LogP contribution < -0.4 is 10.1 Å². The van der Waals surface area contributed by atoms with E-state index >= 15 is 0 Å². The highest BCUT2D eigenvalue weighted by atomic mass is 32.2. The number of nitrogens with zero attached hydrogens (tertiary/aromatic N) is 1. The molecule has 0 unspecified atom stereocenters. The molecule has 1 amide bonds. The number of carbonyl (C=O) groups is 1. The summed E-state index contributed by atoms with van der Waals surface area (Å²) in [6.45, 7) is 2.65. The number of benzene rings is 3. The van der Waals surface area contributed by atoms with E-state index < -0.39 is 15.4 Å². The van der Waals surface area contributed by atoms with E-state index in [-0.39, 0.29) is 10.8 Å². The molecule has 5 rings (SSSR count). The molecule has 34 heavy (non-hydrogen) atoms. The summed E-state index contributed by atoms with van der Waals surface area (Å²) in [6.07, 6.45) is 2.53. The molecule has 0 bridgehead atoms. The third-order valence-electron chi connectivity index (χ3n) is 6.87. The highest BCUT2D eigenvalue weighted by Gasteiger charge is 2.51. The Morgan fingerprint density at radius 1 is 1.00 bits per heavy atom. The molecule has 0 spiro atoms. The van der Waals surface area contributed by atoms with Gasteiger partial charge in [-0.25, -0.2) is 12.7 Å². The number of rotatable bonds is 6. The highest BCUT2D eigenvalue weighted by molar-refractivity contribution is 7.89. The molecule has 3 aromatic carbocycles. The predicted octanol–water partition coefficient (Wildman–Crippen LogP) is 4.52. The largest absolute Gasteiger partial charge is 0.493 e. The molecule has 1 aliphatic carbocycles. The molecule has 2 aliphatic rings. The molecule has 3 aromatic rings. The van der Waals surface area contributed by atoms with Crippen molar-refractivity contribution in [2.24, 2.45) is 0 Å². The van der Waals surface area contributed by atoms with Crippen molar-refractivity contribution in [1.29, 1.82) is 0 Å². The van der Waals surface area contributed by atoms with Crippen molar-refractivity contribution >= 4 is 21.6 Å². The van der Waals surface area contributed by atoms with Gasteiger partial charge in [-0.2, -0.15) is 0 Å². The van der Waals surface area contributed by atoms with Gasteiger partial charge in [0.15, 0.2) is 0 Å². The standard InChI is InChI=1S/C27H28N2O4S/c1-18-7-8-21(20-5-4-6-23(15-20)34(31,32)29(2)3)16-24(18)28-26(30)27(12-13-27)22-10-9-19-11-14-33-25(19)17-22/h4-10,15-17H,11-14H2,1-3H3,(H,28,30). The van der Waals surface area contributed by atoms with E-state index in [2.05, 4.69) is 17.4 Å². The van der Waals surface area contributed by atoms with Crippen molar-refractivity contribution in [3.63, 3.8) is 0 Å². The van der Waals surface area contributed by atoms with Gasteiger partial charge in [-0.05, 0) is 71.8 Å². The minimum Gasteiger partial charge on any atom is -0.493 e. The fourth-order valence-electron chi connectivity index (χ4n) is 4.46. The second kappa shape index (κ2) is 8.25. The van der Waals surface area contributed by atoms with E-state index in [0.717, 1.165) is 53.0 Å². The predicted molar refractivity (Wildman–Crippen MR) is 133 cm³/mol. The number of aryl methyl sites for hydroxylation is 1. The Labute approximate surface area is 200 Å². The van der Waals surface area contributed by atoms with Gasteiger partial charge in [0.25, 0.3) is 0 Å². The summed E-state index contributed by atoms with van der Waals surface area (Å²) in [5.74, 6) is 0.872. The second-order valence-corrected chi connectivity index (χ2v) is 11.5. The van der Waals surface area contributed by atoms with Gasteiger partial charge < -0.3 is 10.1 Å². The number of anilines is 1. The third-order valence-corrected chi connectivity index (χ3v) is 8.68. The van der Waals surface area contributed by atoms with Crippen LogP contribution in [0.1, 0.15) is 29.5 Å². The number of carbonyl (C=O) groups excluding carboxylic acids is 1. The van der Waals surface area contributed by atoms with Crippen molar-refractivity contribution in [1.82, 2.24) is 4.31 Å². The lowest BCUT2D eigenvalue weighted by atomic mass is 9.93. The lowest BCUT2D eigenvalue weighted by Gasteiger charge is -2.18. The maximum absolute atomic E-state index is 13.4. The Kier molecular flexibility index (Phi) is 5.49. The lowest BCUT2D eigenvalue weighted by molar-refractivity contribution is -0.118. The van der Waals surface area contributed by atoms with E-state index in [1.807, 2.05) is 37.3 Å². The van der Waals surface area contributed by atoms with Crippen LogP contribution in [0, 0.1) is 6.92 Å². The molecule has 1 saturated carbocycles. The average Bonchev–Trinajstić information content (AvgIpc) is 3.51. The quantitative estimate of drug-likeness (QED) is 0.568. The SMILES string of the molecule is Cc1ccc(-c2cccc(S(=O)(=O)N(C)C)c2)cc1NC(=O)C1(c2ccc3c(c2)OCC3)CC1. The zero-order valence-corrected chi connectivity index (χ0v) is 20.4. The van der Waals surface area contributed by atoms with Gasteiger partial charge in [0.2, 0.25) is 15.9 Å². The van der Waals surface area contributed by atoms with E-state index in [9.17, 15) is 13.2 Å². The summed E-state index contributed by atoms with van der Waals surface area (Å²) < 4.78 is 32.0. The summed E-state index contributed by atoms with van der Waals surface area (Å²) in [5.41, 5.74) is 4.96. The molecular weight excluding hydrogens is 448 g/mol. The molecule has 0 aromatic heterocycles. The fraction of sp³-hybridized carbons (Fsp3) is 0.296. The van der Waals surface area contributed by atoms with Gasteiger partial charge >= 0.3 is 0 Å². The van der Waals surface area contributed by atoms with Gasteiger partial charge in [-0.3, -0.25) is 4.79 Å². The van der Waals surface area contributed by atoms with E-state index in [4.69, 9.17) is 4.74 Å². The van der Waals surface area contributed by atoms with Crippen LogP contribution in [0.5, 0.6) is 5.75 Å². The maximum atomic E-state index is 13.4. The summed E-state index contributed by atoms with van der Waals surface area (Å²) in [7, 11) is -0.505. The van der Waals surface area contributed by atoms with Crippen molar-refractivity contribution in [2.75, 3.05) is 26.0 Å². The topological polar surface area (TPSA) is 75.7 Å². The average molecular weight is 477 g/mol. The van der Waals surface area contributed by atoms with Crippen LogP contribution in [0.25, 0.3) is 11.1 Å². The zero-order valence-electron chi connectivity index (χ0n) is 19.6. The monoisotopic (exact) mass is 476 g/mol. The van der Waals surface area contributed by atoms with Crippen molar-refractivity contribution in [2.45, 2.75) is 36.5 Å². The number of nitrogens with one attached hydrogen (secondary N) is 1. The summed E-state index contributed by atoms with van der Waals surface area (Å²) in [4.78, 5) is 13.7. The van der Waals surface area contributed by atoms with Gasteiger partial charge in [-0.15, -0.1) is 0 Å². The first-order valence-electron chi connectivity index (χ1n) is 11.4. The van der Waals surface area contributed by atoms with E-state index in [0.29, 0.717) is 6.61 Å². The number of hydrogen-bond acceptors (Lipinski definition) is 4. The molecule has 7 heteroatoms. The molecule has 176 valence electrons. The Morgan fingerprint density at radius 2 is 1.76 bits per heavy atom. The molecular formula is C27H28N2O4S. The Morgan fingerprint density at radius 3 is 2.50 bits per heavy atom. The lowest BCUT2D eigenvalue weighted by Crippen LogP contribution is -2.28. The molecule has 1 aliphatic heterocycles. The van der Waals surface area contributed by atoms with Gasteiger partial charge in [0.1, 0.15) is 5.75 Å². The number of ether oxygens (including phenoxy) is 1. The van der Waals surface area contributed by atoms with E-state index in [1.54, 1.807) is 18.2 Å². The van der Waals surface area contributed by atoms with Crippen LogP contribution in [0.4, 0.5) is 5.69 Å². The fourth-order valence-corrected chi connectivity index (χ4v) is 5.41. The number of amides is 1. The molecule has 0 saturated heterocycles. The van der Waals surface area contributed by atoms with Crippen LogP contribution >= 0.6 is 0 Å². The van der Waals surface area contributed by atoms with Gasteiger partial charge in [0, 0.05) is 26.2 Å². The first kappa shape index (κ1) is 22.6. The van der Waals surface area contributed by atoms with Crippen LogP contribution in [-0.2, 0) is 26.7 Å². The minimum atomic E-state index is -3.54. The highest BCUT2D eigenvalue weighted by Crippen LogP contribution is 2.50. The Bertz CT molecular complexity index is 1390. The Balaban J connectivity index is 1.43. The first-order chi connectivity index (χ1) is 16.2. The number of hydrogen-bond donors (Lipinski definition) is 1. The summed E-state index contributed by atoms with van der Waals surface area (Å²) >= 11 is 0. The molecule has 0 atom stereocenters. The molecule has 1 fully saturated rings. The normalized spacial score (nSPS) is 16.1. The second-order valence-electron chi connectivity index (χ2n) is 9.30. The smallest absolute Gasteiger partial charge is 0.242 e. The van der Waals surface area contributed by atoms with Crippen molar-refractivity contribution < 1.29 is 17.9 Å². The molecule has 1 N–H and O–H groups in total. The van der Waals surface area contributed by atoms with E-state index in [1.165, 1.54) is 24.0 Å². The molecule has 1 heterocycles. The van der Waals surface area contributed by atoms with Gasteiger partial charge in [0.05, 0.1) is 16.9 Å². The van der Waals surface area contributed by atoms with Crippen molar-refractivity contribution in [3.8, 4) is 16.9 Å². The third kappa shape index (κ3) is 3.89. The minimum absolute atomic E-state index is 0.0189. The summed E-state index contributed by atoms with van der Waals surface area (Å²) in [5, 5.41) is 3.15. The van der Waals surface area contributed by atoms with Crippen LogP contribution in [0.2, 0.25) is 0 Å². The molecule has 6 nitrogen and oxygen atoms in total. The Hall–Kier alpha value is -3.16. The number of sulfonamides is 1. The zero-order chi connectivity index (χ0) is 24.1. The molecule has 0 radical (unpaired) electrons. The van der Waals surface area contributed by atoms with Crippen LogP contribution in [0.15, 0.2) is 65.6 Å². The van der Waals surface area contributed by atoms with Crippen LogP contribution in [0.3, 0.4) is 0 Å². The maximum Gasteiger partial charge on any atom is 0.242 e. The van der Waals surface area contributed by atoms with Crippen molar-refractivity contribution in [3.05, 3.63) is 77.4 Å². The number of fused-ring (bicyclic) bond motifs is 1.